The highest BCUT2D eigenvalue weighted by Crippen LogP contribution is 2.40. The van der Waals surface area contributed by atoms with Crippen molar-refractivity contribution in [2.24, 2.45) is 0 Å². The molecule has 4 rings (SSSR count). The third-order valence-electron chi connectivity index (χ3n) is 5.03. The topological polar surface area (TPSA) is 19.4 Å². The molecule has 0 saturated heterocycles. The number of nitrogens with zero attached hydrogens (tertiary/aromatic N) is 3. The van der Waals surface area contributed by atoms with Gasteiger partial charge >= 0.3 is 0 Å². The molecular weight excluding hydrogens is 306 g/mol. The first kappa shape index (κ1) is 15.9. The summed E-state index contributed by atoms with van der Waals surface area (Å²) < 4.78 is 0. The Labute approximate surface area is 150 Å². The maximum Gasteiger partial charge on any atom is 0.141 e. The Morgan fingerprint density at radius 1 is 0.920 bits per heavy atom. The van der Waals surface area contributed by atoms with Crippen molar-refractivity contribution in [3.05, 3.63) is 71.2 Å². The van der Waals surface area contributed by atoms with E-state index in [0.717, 1.165) is 12.5 Å². The highest BCUT2D eigenvalue weighted by molar-refractivity contribution is 5.77. The largest absolute Gasteiger partial charge is 0.327 e. The fourth-order valence-corrected chi connectivity index (χ4v) is 3.75. The number of para-hydroxylation sites is 1. The van der Waals surface area contributed by atoms with Crippen molar-refractivity contribution < 1.29 is 0 Å². The van der Waals surface area contributed by atoms with Crippen molar-refractivity contribution in [2.45, 2.75) is 39.5 Å². The summed E-state index contributed by atoms with van der Waals surface area (Å²) in [7, 11) is 0. The monoisotopic (exact) mass is 331 g/mol. The standard InChI is InChI=1S/C22H25N3/c1-15(2)19-8-5-9-20(16(3)4)21(19)24-13-18-11-10-17-7-6-12-23-22(17)25(18)14-24/h5-13,15-16H,14H2,1-4H3. The third kappa shape index (κ3) is 2.64. The van der Waals surface area contributed by atoms with E-state index in [1.54, 1.807) is 0 Å². The number of pyridine rings is 1. The number of benzene rings is 1. The van der Waals surface area contributed by atoms with Crippen molar-refractivity contribution in [1.29, 1.82) is 0 Å². The molecule has 0 saturated carbocycles. The third-order valence-corrected chi connectivity index (χ3v) is 5.03. The van der Waals surface area contributed by atoms with Crippen LogP contribution >= 0.6 is 0 Å². The van der Waals surface area contributed by atoms with Crippen LogP contribution in [0.15, 0.2) is 54.5 Å². The van der Waals surface area contributed by atoms with Gasteiger partial charge < -0.3 is 9.80 Å². The number of anilines is 2. The molecule has 0 N–H and O–H groups in total. The zero-order valence-corrected chi connectivity index (χ0v) is 15.4. The molecule has 25 heavy (non-hydrogen) atoms. The summed E-state index contributed by atoms with van der Waals surface area (Å²) >= 11 is 0. The predicted molar refractivity (Wildman–Crippen MR) is 106 cm³/mol. The molecule has 0 aliphatic carbocycles. The minimum Gasteiger partial charge on any atom is -0.327 e. The van der Waals surface area contributed by atoms with Crippen LogP contribution in [0, 0.1) is 0 Å². The Balaban J connectivity index is 1.79. The van der Waals surface area contributed by atoms with Crippen LogP contribution in [0.3, 0.4) is 0 Å². The summed E-state index contributed by atoms with van der Waals surface area (Å²) in [6, 6.07) is 10.9. The van der Waals surface area contributed by atoms with Gasteiger partial charge in [-0.1, -0.05) is 45.9 Å². The normalized spacial score (nSPS) is 15.7. The first-order valence-electron chi connectivity index (χ1n) is 9.08. The lowest BCUT2D eigenvalue weighted by molar-refractivity contribution is 0.815. The average Bonchev–Trinajstić information content (AvgIpc) is 3.05. The van der Waals surface area contributed by atoms with Crippen molar-refractivity contribution in [3.63, 3.8) is 0 Å². The number of aromatic nitrogens is 1. The van der Waals surface area contributed by atoms with Crippen molar-refractivity contribution in [1.82, 2.24) is 4.98 Å². The van der Waals surface area contributed by atoms with E-state index in [4.69, 9.17) is 0 Å². The maximum atomic E-state index is 4.61. The highest BCUT2D eigenvalue weighted by atomic mass is 15.4. The van der Waals surface area contributed by atoms with Gasteiger partial charge in [0.1, 0.15) is 12.5 Å². The lowest BCUT2D eigenvalue weighted by Crippen LogP contribution is -2.29. The molecule has 0 atom stereocenters. The van der Waals surface area contributed by atoms with Crippen LogP contribution in [0.1, 0.15) is 56.2 Å². The van der Waals surface area contributed by atoms with Gasteiger partial charge in [0.05, 0.1) is 5.70 Å². The summed E-state index contributed by atoms with van der Waals surface area (Å²) in [4.78, 5) is 9.31. The van der Waals surface area contributed by atoms with Crippen LogP contribution in [-0.2, 0) is 0 Å². The molecule has 0 spiro atoms. The first-order chi connectivity index (χ1) is 12.1. The average molecular weight is 331 g/mol. The molecule has 3 heterocycles. The van der Waals surface area contributed by atoms with Crippen LogP contribution in [0.4, 0.5) is 11.5 Å². The van der Waals surface area contributed by atoms with Gasteiger partial charge in [-0.3, -0.25) is 0 Å². The van der Waals surface area contributed by atoms with Crippen LogP contribution in [-0.4, -0.2) is 11.7 Å². The zero-order chi connectivity index (χ0) is 17.6. The van der Waals surface area contributed by atoms with Gasteiger partial charge in [-0.15, -0.1) is 0 Å². The van der Waals surface area contributed by atoms with Gasteiger partial charge in [-0.2, -0.15) is 0 Å². The van der Waals surface area contributed by atoms with Gasteiger partial charge in [-0.25, -0.2) is 4.98 Å². The van der Waals surface area contributed by atoms with Gasteiger partial charge in [0, 0.05) is 23.6 Å². The maximum absolute atomic E-state index is 4.61. The number of allylic oxidation sites excluding steroid dienone is 1. The van der Waals surface area contributed by atoms with E-state index in [9.17, 15) is 0 Å². The van der Waals surface area contributed by atoms with Crippen molar-refractivity contribution >= 4 is 17.6 Å². The Morgan fingerprint density at radius 2 is 1.64 bits per heavy atom. The summed E-state index contributed by atoms with van der Waals surface area (Å²) in [5.41, 5.74) is 6.57. The summed E-state index contributed by atoms with van der Waals surface area (Å²) in [5, 5.41) is 0. The number of hydrogen-bond donors (Lipinski definition) is 0. The minimum absolute atomic E-state index is 0.491. The number of fused-ring (bicyclic) bond motifs is 3. The molecule has 2 aliphatic rings. The molecule has 2 aromatic rings. The number of rotatable bonds is 3. The number of hydrogen-bond acceptors (Lipinski definition) is 3. The van der Waals surface area contributed by atoms with E-state index >= 15 is 0 Å². The summed E-state index contributed by atoms with van der Waals surface area (Å²) in [6.07, 6.45) is 8.49. The zero-order valence-electron chi connectivity index (χ0n) is 15.4. The predicted octanol–water partition coefficient (Wildman–Crippen LogP) is 5.48. The van der Waals surface area contributed by atoms with Crippen LogP contribution in [0.2, 0.25) is 0 Å². The summed E-state index contributed by atoms with van der Waals surface area (Å²) in [5.74, 6) is 2.03. The van der Waals surface area contributed by atoms with Crippen LogP contribution < -0.4 is 9.80 Å². The van der Waals surface area contributed by atoms with Gasteiger partial charge in [0.25, 0.3) is 0 Å². The molecule has 0 fully saturated rings. The minimum atomic E-state index is 0.491. The molecule has 0 amide bonds. The van der Waals surface area contributed by atoms with E-state index < -0.39 is 0 Å². The highest BCUT2D eigenvalue weighted by Gasteiger charge is 2.29. The summed E-state index contributed by atoms with van der Waals surface area (Å²) in [6.45, 7) is 9.91. The van der Waals surface area contributed by atoms with Crippen molar-refractivity contribution in [2.75, 3.05) is 16.5 Å². The Morgan fingerprint density at radius 3 is 2.32 bits per heavy atom. The van der Waals surface area contributed by atoms with Crippen LogP contribution in [0.25, 0.3) is 6.08 Å². The van der Waals surface area contributed by atoms with Gasteiger partial charge in [0.15, 0.2) is 0 Å². The van der Waals surface area contributed by atoms with Gasteiger partial charge in [0.2, 0.25) is 0 Å². The van der Waals surface area contributed by atoms with Gasteiger partial charge in [-0.05, 0) is 47.2 Å². The second kappa shape index (κ2) is 6.07. The fourth-order valence-electron chi connectivity index (χ4n) is 3.75. The fraction of sp³-hybridized carbons (Fsp3) is 0.318. The van der Waals surface area contributed by atoms with E-state index in [1.807, 2.05) is 12.3 Å². The molecule has 0 bridgehead atoms. The van der Waals surface area contributed by atoms with Crippen LogP contribution in [0.5, 0.6) is 0 Å². The molecule has 0 unspecified atom stereocenters. The quantitative estimate of drug-likeness (QED) is 0.742. The lowest BCUT2D eigenvalue weighted by Gasteiger charge is -2.29. The lowest BCUT2D eigenvalue weighted by atomic mass is 9.92. The Hall–Kier alpha value is -2.55. The molecule has 0 radical (unpaired) electrons. The molecule has 1 aromatic heterocycles. The van der Waals surface area contributed by atoms with Crippen molar-refractivity contribution in [3.8, 4) is 0 Å². The molecule has 1 aromatic carbocycles. The second-order valence-corrected chi connectivity index (χ2v) is 7.44. The first-order valence-corrected chi connectivity index (χ1v) is 9.08. The molecule has 3 nitrogen and oxygen atoms in total. The molecule has 128 valence electrons. The second-order valence-electron chi connectivity index (χ2n) is 7.44. The molecule has 2 aliphatic heterocycles. The molecule has 3 heteroatoms. The van der Waals surface area contributed by atoms with E-state index in [2.05, 4.69) is 85.1 Å². The SMILES string of the molecule is CC(C)c1cccc(C(C)C)c1N1C=C2C=Cc3cccnc3N2C1. The molecular formula is C22H25N3. The Bertz CT molecular complexity index is 835. The smallest absolute Gasteiger partial charge is 0.141 e. The van der Waals surface area contributed by atoms with E-state index in [-0.39, 0.29) is 0 Å². The van der Waals surface area contributed by atoms with E-state index in [0.29, 0.717) is 11.8 Å². The Kier molecular flexibility index (Phi) is 3.87. The van der Waals surface area contributed by atoms with E-state index in [1.165, 1.54) is 28.1 Å².